The average molecular weight is 955 g/mol. The molecule has 0 aliphatic rings. The van der Waals surface area contributed by atoms with Crippen LogP contribution in [0.25, 0.3) is 123 Å². The first-order chi connectivity index (χ1) is 36.2. The maximum atomic E-state index is 10.7. The van der Waals surface area contributed by atoms with Gasteiger partial charge in [0, 0.05) is 60.5 Å². The Balaban J connectivity index is 1.10. The van der Waals surface area contributed by atoms with E-state index in [0.29, 0.717) is 58.0 Å². The van der Waals surface area contributed by atoms with Crippen LogP contribution in [0.2, 0.25) is 0 Å². The predicted octanol–water partition coefficient (Wildman–Crippen LogP) is 13.5. The van der Waals surface area contributed by atoms with Gasteiger partial charge in [0.1, 0.15) is 23.3 Å². The van der Waals surface area contributed by atoms with Crippen molar-refractivity contribution in [1.82, 2.24) is 54.0 Å². The van der Waals surface area contributed by atoms with Crippen LogP contribution >= 0.6 is 0 Å². The van der Waals surface area contributed by atoms with Crippen molar-refractivity contribution in [2.45, 2.75) is 27.7 Å². The second-order valence-corrected chi connectivity index (χ2v) is 18.3. The lowest BCUT2D eigenvalue weighted by atomic mass is 9.96. The Hall–Kier alpha value is -10.1. The zero-order chi connectivity index (χ0) is 50.0. The number of rotatable bonds is 8. The fourth-order valence-electron chi connectivity index (χ4n) is 10.3. The Morgan fingerprint density at radius 3 is 1.15 bits per heavy atom. The van der Waals surface area contributed by atoms with Crippen molar-refractivity contribution in [2.24, 2.45) is 0 Å². The first-order valence-electron chi connectivity index (χ1n) is 24.3. The van der Waals surface area contributed by atoms with Crippen molar-refractivity contribution >= 4 is 43.6 Å². The average Bonchev–Trinajstić information content (AvgIpc) is 3.94. The smallest absolute Gasteiger partial charge is 0.164 e. The van der Waals surface area contributed by atoms with E-state index in [2.05, 4.69) is 134 Å². The van der Waals surface area contributed by atoms with Crippen molar-refractivity contribution in [2.75, 3.05) is 0 Å². The van der Waals surface area contributed by atoms with E-state index in [9.17, 15) is 5.26 Å². The topological polar surface area (TPSA) is 150 Å². The lowest BCUT2D eigenvalue weighted by Gasteiger charge is -2.20. The summed E-state index contributed by atoms with van der Waals surface area (Å²) in [4.78, 5) is 43.2. The molecule has 0 atom stereocenters. The van der Waals surface area contributed by atoms with Crippen molar-refractivity contribution in [1.29, 1.82) is 5.26 Å². The van der Waals surface area contributed by atoms with Gasteiger partial charge in [-0.15, -0.1) is 0 Å². The Bertz CT molecular complexity index is 4340. The molecule has 0 aliphatic heterocycles. The fourth-order valence-corrected chi connectivity index (χ4v) is 10.3. The number of hydrogen-bond donors (Lipinski definition) is 0. The van der Waals surface area contributed by atoms with E-state index in [-0.39, 0.29) is 0 Å². The molecule has 13 aromatic rings. The third-order valence-corrected chi connectivity index (χ3v) is 13.4. The Labute approximate surface area is 425 Å². The highest BCUT2D eigenvalue weighted by molar-refractivity contribution is 6.12. The van der Waals surface area contributed by atoms with Gasteiger partial charge in [0.25, 0.3) is 0 Å². The monoisotopic (exact) mass is 954 g/mol. The number of benzene rings is 8. The number of nitriles is 1. The van der Waals surface area contributed by atoms with Crippen molar-refractivity contribution < 1.29 is 0 Å². The van der Waals surface area contributed by atoms with Crippen LogP contribution in [0.4, 0.5) is 0 Å². The first-order valence-corrected chi connectivity index (χ1v) is 24.3. The zero-order valence-electron chi connectivity index (χ0n) is 40.7. The SMILES string of the molecule is Cc1nc(C)nc(-c2ccc3c(c2)c2ccccc2n3-c2ccc(C#N)cc2-c2cc(-c3nc(-c4ccccc4)nc(-c4ccccc4)n3)ccc2-n2c3ccccc3c3cc(-c4nc(C)nc(C)n4)ccc32)n1. The van der Waals surface area contributed by atoms with Gasteiger partial charge in [-0.2, -0.15) is 5.26 Å². The molecule has 0 bridgehead atoms. The van der Waals surface area contributed by atoms with Crippen LogP contribution < -0.4 is 0 Å². The number of aryl methyl sites for hydroxylation is 4. The number of fused-ring (bicyclic) bond motifs is 6. The summed E-state index contributed by atoms with van der Waals surface area (Å²) >= 11 is 0. The minimum Gasteiger partial charge on any atom is -0.309 e. The number of aromatic nitrogens is 11. The molecule has 8 aromatic carbocycles. The highest BCUT2D eigenvalue weighted by atomic mass is 15.1. The Kier molecular flexibility index (Phi) is 10.4. The van der Waals surface area contributed by atoms with Gasteiger partial charge in [-0.05, 0) is 113 Å². The van der Waals surface area contributed by atoms with Crippen molar-refractivity contribution in [3.63, 3.8) is 0 Å². The summed E-state index contributed by atoms with van der Waals surface area (Å²) in [7, 11) is 0. The minimum atomic E-state index is 0.506. The number of para-hydroxylation sites is 2. The standard InChI is InChI=1S/C62H42N12/c1-36-64-37(2)67-60(66-36)43-24-28-55-49(32-43)46-19-11-13-21-52(46)73(55)54-27-23-40(35-63)31-48(54)51-34-45(62-71-58(41-15-7-5-8-16-41)70-59(72-62)42-17-9-6-10-18-42)26-30-57(51)74-53-22-14-12-20-47(53)50-33-44(25-29-56(50)74)61-68-38(3)65-39(4)69-61/h5-34H,1-4H3. The summed E-state index contributed by atoms with van der Waals surface area (Å²) in [6, 6.07) is 64.5. The molecule has 0 radical (unpaired) electrons. The van der Waals surface area contributed by atoms with Crippen LogP contribution in [0.5, 0.6) is 0 Å². The van der Waals surface area contributed by atoms with Gasteiger partial charge in [-0.3, -0.25) is 0 Å². The molecule has 0 saturated heterocycles. The summed E-state index contributed by atoms with van der Waals surface area (Å²) in [5, 5.41) is 14.9. The molecule has 0 fully saturated rings. The van der Waals surface area contributed by atoms with Crippen LogP contribution in [-0.2, 0) is 0 Å². The van der Waals surface area contributed by atoms with Gasteiger partial charge in [-0.1, -0.05) is 97.1 Å². The van der Waals surface area contributed by atoms with E-state index in [1.54, 1.807) is 0 Å². The molecule has 0 saturated carbocycles. The normalized spacial score (nSPS) is 11.5. The van der Waals surface area contributed by atoms with Gasteiger partial charge in [0.2, 0.25) is 0 Å². The zero-order valence-corrected chi connectivity index (χ0v) is 40.7. The lowest BCUT2D eigenvalue weighted by molar-refractivity contribution is 0.928. The summed E-state index contributed by atoms with van der Waals surface area (Å²) in [6.45, 7) is 7.56. The maximum Gasteiger partial charge on any atom is 0.164 e. The molecule has 13 rings (SSSR count). The summed E-state index contributed by atoms with van der Waals surface area (Å²) in [6.07, 6.45) is 0. The third-order valence-electron chi connectivity index (χ3n) is 13.4. The van der Waals surface area contributed by atoms with Crippen molar-refractivity contribution in [3.8, 4) is 85.5 Å². The van der Waals surface area contributed by atoms with Gasteiger partial charge in [0.05, 0.1) is 45.1 Å². The van der Waals surface area contributed by atoms with Gasteiger partial charge < -0.3 is 9.13 Å². The highest BCUT2D eigenvalue weighted by Crippen LogP contribution is 2.43. The molecule has 0 N–H and O–H groups in total. The molecule has 12 nitrogen and oxygen atoms in total. The van der Waals surface area contributed by atoms with Gasteiger partial charge in [0.15, 0.2) is 29.1 Å². The molecule has 74 heavy (non-hydrogen) atoms. The van der Waals surface area contributed by atoms with Crippen LogP contribution in [0.3, 0.4) is 0 Å². The van der Waals surface area contributed by atoms with Gasteiger partial charge in [-0.25, -0.2) is 44.9 Å². The van der Waals surface area contributed by atoms with Gasteiger partial charge >= 0.3 is 0 Å². The second kappa shape index (κ2) is 17.6. The second-order valence-electron chi connectivity index (χ2n) is 18.3. The molecule has 5 heterocycles. The molecule has 0 amide bonds. The first kappa shape index (κ1) is 43.9. The molecular weight excluding hydrogens is 913 g/mol. The number of nitrogens with zero attached hydrogens (tertiary/aromatic N) is 12. The highest BCUT2D eigenvalue weighted by Gasteiger charge is 2.24. The lowest BCUT2D eigenvalue weighted by Crippen LogP contribution is -2.04. The third kappa shape index (κ3) is 7.59. The molecular formula is C62H42N12. The molecule has 12 heteroatoms. The van der Waals surface area contributed by atoms with Crippen LogP contribution in [0.1, 0.15) is 28.9 Å². The van der Waals surface area contributed by atoms with Crippen LogP contribution in [-0.4, -0.2) is 54.0 Å². The van der Waals surface area contributed by atoms with Crippen molar-refractivity contribution in [3.05, 3.63) is 211 Å². The predicted molar refractivity (Wildman–Crippen MR) is 292 cm³/mol. The summed E-state index contributed by atoms with van der Waals surface area (Å²) in [5.41, 5.74) is 12.2. The largest absolute Gasteiger partial charge is 0.309 e. The molecule has 0 aliphatic carbocycles. The maximum absolute atomic E-state index is 10.7. The minimum absolute atomic E-state index is 0.506. The quantitative estimate of drug-likeness (QED) is 0.144. The Morgan fingerprint density at radius 1 is 0.311 bits per heavy atom. The van der Waals surface area contributed by atoms with E-state index in [4.69, 9.17) is 34.9 Å². The molecule has 350 valence electrons. The molecule has 0 spiro atoms. The van der Waals surface area contributed by atoms with E-state index >= 15 is 0 Å². The Morgan fingerprint density at radius 2 is 0.676 bits per heavy atom. The molecule has 5 aromatic heterocycles. The molecule has 0 unspecified atom stereocenters. The van der Waals surface area contributed by atoms with E-state index < -0.39 is 0 Å². The van der Waals surface area contributed by atoms with E-state index in [0.717, 1.165) is 93.9 Å². The fraction of sp³-hybridized carbons (Fsp3) is 0.0645. The van der Waals surface area contributed by atoms with E-state index in [1.807, 2.05) is 100 Å². The van der Waals surface area contributed by atoms with Crippen LogP contribution in [0.15, 0.2) is 182 Å². The van der Waals surface area contributed by atoms with Crippen LogP contribution in [0, 0.1) is 39.0 Å². The number of hydrogen-bond acceptors (Lipinski definition) is 10. The summed E-state index contributed by atoms with van der Waals surface area (Å²) in [5.74, 6) is 5.52. The van der Waals surface area contributed by atoms with E-state index in [1.165, 1.54) is 0 Å². The summed E-state index contributed by atoms with van der Waals surface area (Å²) < 4.78 is 4.61.